The van der Waals surface area contributed by atoms with Crippen molar-refractivity contribution in [3.8, 4) is 0 Å². The van der Waals surface area contributed by atoms with Crippen LogP contribution in [0.2, 0.25) is 0 Å². The third-order valence-corrected chi connectivity index (χ3v) is 4.72. The van der Waals surface area contributed by atoms with Crippen molar-refractivity contribution in [2.45, 2.75) is 44.7 Å². The molecule has 1 aromatic carbocycles. The molecule has 1 aliphatic carbocycles. The Kier molecular flexibility index (Phi) is 4.00. The molecule has 0 spiro atoms. The monoisotopic (exact) mass is 271 g/mol. The molecular formula is C17H21NS. The molecule has 0 aliphatic heterocycles. The molecule has 0 fully saturated rings. The zero-order chi connectivity index (χ0) is 13.1. The molecule has 2 heteroatoms. The molecule has 100 valence electrons. The van der Waals surface area contributed by atoms with Crippen LogP contribution < -0.4 is 5.32 Å². The Morgan fingerprint density at radius 3 is 2.89 bits per heavy atom. The summed E-state index contributed by atoms with van der Waals surface area (Å²) in [5, 5.41) is 8.23. The molecule has 0 radical (unpaired) electrons. The van der Waals surface area contributed by atoms with E-state index in [9.17, 15) is 0 Å². The molecule has 0 amide bonds. The summed E-state index contributed by atoms with van der Waals surface area (Å²) in [6.07, 6.45) is 4.82. The summed E-state index contributed by atoms with van der Waals surface area (Å²) in [5.74, 6) is 0. The van der Waals surface area contributed by atoms with Crippen LogP contribution in [0.15, 0.2) is 41.1 Å². The quantitative estimate of drug-likeness (QED) is 0.891. The smallest absolute Gasteiger partial charge is 0.0113 e. The first kappa shape index (κ1) is 12.9. The van der Waals surface area contributed by atoms with E-state index in [2.05, 4.69) is 53.3 Å². The van der Waals surface area contributed by atoms with Gasteiger partial charge in [-0.1, -0.05) is 24.3 Å². The van der Waals surface area contributed by atoms with Crippen LogP contribution in [-0.4, -0.2) is 12.1 Å². The lowest BCUT2D eigenvalue weighted by Crippen LogP contribution is -2.41. The number of hydrogen-bond acceptors (Lipinski definition) is 2. The topological polar surface area (TPSA) is 12.0 Å². The second-order valence-electron chi connectivity index (χ2n) is 5.61. The van der Waals surface area contributed by atoms with E-state index < -0.39 is 0 Å². The first-order valence-corrected chi connectivity index (χ1v) is 8.09. The summed E-state index contributed by atoms with van der Waals surface area (Å²) >= 11 is 1.79. The average Bonchev–Trinajstić information content (AvgIpc) is 2.91. The zero-order valence-electron chi connectivity index (χ0n) is 11.4. The van der Waals surface area contributed by atoms with Crippen molar-refractivity contribution in [2.75, 3.05) is 0 Å². The summed E-state index contributed by atoms with van der Waals surface area (Å²) < 4.78 is 0. The van der Waals surface area contributed by atoms with E-state index in [1.807, 2.05) is 0 Å². The van der Waals surface area contributed by atoms with Gasteiger partial charge in [0.2, 0.25) is 0 Å². The van der Waals surface area contributed by atoms with Crippen LogP contribution in [-0.2, 0) is 19.3 Å². The van der Waals surface area contributed by atoms with Crippen LogP contribution in [0.5, 0.6) is 0 Å². The summed E-state index contributed by atoms with van der Waals surface area (Å²) in [6, 6.07) is 12.3. The van der Waals surface area contributed by atoms with Crippen molar-refractivity contribution >= 4 is 11.3 Å². The number of aryl methyl sites for hydroxylation is 1. The molecule has 2 aromatic rings. The predicted octanol–water partition coefficient (Wildman–Crippen LogP) is 3.83. The van der Waals surface area contributed by atoms with Crippen LogP contribution in [0.25, 0.3) is 0 Å². The predicted molar refractivity (Wildman–Crippen MR) is 82.9 cm³/mol. The van der Waals surface area contributed by atoms with E-state index in [0.717, 1.165) is 6.42 Å². The molecule has 1 aliphatic rings. The lowest BCUT2D eigenvalue weighted by Gasteiger charge is -2.28. The van der Waals surface area contributed by atoms with Crippen molar-refractivity contribution in [3.63, 3.8) is 0 Å². The summed E-state index contributed by atoms with van der Waals surface area (Å²) in [7, 11) is 0. The van der Waals surface area contributed by atoms with E-state index in [-0.39, 0.29) is 0 Å². The first-order chi connectivity index (χ1) is 9.31. The molecule has 1 aromatic heterocycles. The van der Waals surface area contributed by atoms with Gasteiger partial charge in [-0.15, -0.1) is 0 Å². The maximum absolute atomic E-state index is 3.80. The molecule has 3 rings (SSSR count). The molecular weight excluding hydrogens is 250 g/mol. The third-order valence-electron chi connectivity index (χ3n) is 3.99. The number of hydrogen-bond donors (Lipinski definition) is 1. The van der Waals surface area contributed by atoms with Gasteiger partial charge in [-0.3, -0.25) is 0 Å². The van der Waals surface area contributed by atoms with Gasteiger partial charge in [0.1, 0.15) is 0 Å². The highest BCUT2D eigenvalue weighted by molar-refractivity contribution is 7.07. The largest absolute Gasteiger partial charge is 0.311 e. The SMILES string of the molecule is CC(Cc1ccsc1)NC1CCc2ccccc2C1. The minimum atomic E-state index is 0.560. The molecule has 0 bridgehead atoms. The second kappa shape index (κ2) is 5.89. The number of benzene rings is 1. The number of rotatable bonds is 4. The first-order valence-electron chi connectivity index (χ1n) is 7.15. The van der Waals surface area contributed by atoms with Gasteiger partial charge in [-0.25, -0.2) is 0 Å². The highest BCUT2D eigenvalue weighted by Crippen LogP contribution is 2.21. The minimum absolute atomic E-state index is 0.560. The fourth-order valence-electron chi connectivity index (χ4n) is 3.06. The van der Waals surface area contributed by atoms with E-state index in [4.69, 9.17) is 0 Å². The molecule has 2 unspecified atom stereocenters. The lowest BCUT2D eigenvalue weighted by molar-refractivity contribution is 0.405. The van der Waals surface area contributed by atoms with Gasteiger partial charge >= 0.3 is 0 Å². The Hall–Kier alpha value is -1.12. The van der Waals surface area contributed by atoms with Gasteiger partial charge in [-0.05, 0) is 66.1 Å². The Balaban J connectivity index is 1.57. The van der Waals surface area contributed by atoms with Crippen molar-refractivity contribution in [1.82, 2.24) is 5.32 Å². The Morgan fingerprint density at radius 2 is 2.11 bits per heavy atom. The van der Waals surface area contributed by atoms with Gasteiger partial charge in [0.15, 0.2) is 0 Å². The molecule has 1 N–H and O–H groups in total. The van der Waals surface area contributed by atoms with Gasteiger partial charge in [0.25, 0.3) is 0 Å². The summed E-state index contributed by atoms with van der Waals surface area (Å²) in [4.78, 5) is 0. The van der Waals surface area contributed by atoms with Crippen molar-refractivity contribution in [1.29, 1.82) is 0 Å². The molecule has 19 heavy (non-hydrogen) atoms. The average molecular weight is 271 g/mol. The highest BCUT2D eigenvalue weighted by Gasteiger charge is 2.19. The molecule has 1 heterocycles. The van der Waals surface area contributed by atoms with Crippen LogP contribution in [0, 0.1) is 0 Å². The minimum Gasteiger partial charge on any atom is -0.311 e. The summed E-state index contributed by atoms with van der Waals surface area (Å²) in [6.45, 7) is 2.30. The standard InChI is InChI=1S/C17H21NS/c1-13(10-14-8-9-19-12-14)18-17-7-6-15-4-2-3-5-16(15)11-17/h2-5,8-9,12-13,17-18H,6-7,10-11H2,1H3. The number of thiophene rings is 1. The van der Waals surface area contributed by atoms with Gasteiger partial charge in [0.05, 0.1) is 0 Å². The Labute approximate surface area is 119 Å². The van der Waals surface area contributed by atoms with Crippen molar-refractivity contribution in [2.24, 2.45) is 0 Å². The van der Waals surface area contributed by atoms with Crippen LogP contribution >= 0.6 is 11.3 Å². The number of nitrogens with one attached hydrogen (secondary N) is 1. The van der Waals surface area contributed by atoms with Crippen LogP contribution in [0.3, 0.4) is 0 Å². The Bertz CT molecular complexity index is 518. The van der Waals surface area contributed by atoms with Crippen LogP contribution in [0.1, 0.15) is 30.0 Å². The van der Waals surface area contributed by atoms with E-state index in [1.54, 1.807) is 16.9 Å². The fourth-order valence-corrected chi connectivity index (χ4v) is 3.75. The van der Waals surface area contributed by atoms with E-state index >= 15 is 0 Å². The van der Waals surface area contributed by atoms with E-state index in [0.29, 0.717) is 12.1 Å². The van der Waals surface area contributed by atoms with Gasteiger partial charge in [0, 0.05) is 12.1 Å². The lowest BCUT2D eigenvalue weighted by atomic mass is 9.88. The van der Waals surface area contributed by atoms with Gasteiger partial charge < -0.3 is 5.32 Å². The number of fused-ring (bicyclic) bond motifs is 1. The summed E-state index contributed by atoms with van der Waals surface area (Å²) in [5.41, 5.74) is 4.54. The van der Waals surface area contributed by atoms with Crippen LogP contribution in [0.4, 0.5) is 0 Å². The molecule has 0 saturated heterocycles. The Morgan fingerprint density at radius 1 is 1.26 bits per heavy atom. The normalized spacial score (nSPS) is 19.9. The highest BCUT2D eigenvalue weighted by atomic mass is 32.1. The molecule has 2 atom stereocenters. The van der Waals surface area contributed by atoms with Crippen molar-refractivity contribution < 1.29 is 0 Å². The van der Waals surface area contributed by atoms with Gasteiger partial charge in [-0.2, -0.15) is 11.3 Å². The zero-order valence-corrected chi connectivity index (χ0v) is 12.2. The molecule has 0 saturated carbocycles. The maximum atomic E-state index is 3.80. The maximum Gasteiger partial charge on any atom is 0.0113 e. The second-order valence-corrected chi connectivity index (χ2v) is 6.39. The third kappa shape index (κ3) is 3.26. The van der Waals surface area contributed by atoms with E-state index in [1.165, 1.54) is 30.4 Å². The molecule has 1 nitrogen and oxygen atoms in total. The fraction of sp³-hybridized carbons (Fsp3) is 0.412. The van der Waals surface area contributed by atoms with Crippen molar-refractivity contribution in [3.05, 3.63) is 57.8 Å².